The second-order valence-corrected chi connectivity index (χ2v) is 5.09. The van der Waals surface area contributed by atoms with Gasteiger partial charge in [-0.05, 0) is 31.2 Å². The van der Waals surface area contributed by atoms with Crippen LogP contribution in [0.1, 0.15) is 37.8 Å². The predicted octanol–water partition coefficient (Wildman–Crippen LogP) is 3.19. The van der Waals surface area contributed by atoms with Crippen molar-refractivity contribution in [2.45, 2.75) is 32.2 Å². The lowest BCUT2D eigenvalue weighted by Gasteiger charge is -2.36. The summed E-state index contributed by atoms with van der Waals surface area (Å²) in [6, 6.07) is 10.4. The van der Waals surface area contributed by atoms with Crippen LogP contribution in [0.5, 0.6) is 0 Å². The van der Waals surface area contributed by atoms with Crippen LogP contribution in [-0.4, -0.2) is 24.5 Å². The topological polar surface area (TPSA) is 32.3 Å². The molecule has 0 spiro atoms. The SMILES string of the molecule is CNC(=O)N(CC1CCC1)[C@H](C)c1ccccc1. The van der Waals surface area contributed by atoms with Gasteiger partial charge in [-0.1, -0.05) is 36.8 Å². The van der Waals surface area contributed by atoms with Crippen LogP contribution in [0, 0.1) is 5.92 Å². The second-order valence-electron chi connectivity index (χ2n) is 5.09. The highest BCUT2D eigenvalue weighted by atomic mass is 16.2. The number of benzene rings is 1. The van der Waals surface area contributed by atoms with Gasteiger partial charge in [0, 0.05) is 13.6 Å². The fraction of sp³-hybridized carbons (Fsp3) is 0.533. The quantitative estimate of drug-likeness (QED) is 0.869. The molecule has 2 amide bonds. The van der Waals surface area contributed by atoms with E-state index in [1.165, 1.54) is 24.8 Å². The molecule has 1 N–H and O–H groups in total. The van der Waals surface area contributed by atoms with Crippen LogP contribution in [0.3, 0.4) is 0 Å². The van der Waals surface area contributed by atoms with E-state index in [0.717, 1.165) is 6.54 Å². The molecule has 0 saturated heterocycles. The Morgan fingerprint density at radius 1 is 1.39 bits per heavy atom. The molecule has 98 valence electrons. The Labute approximate surface area is 109 Å². The first kappa shape index (κ1) is 12.9. The number of nitrogens with one attached hydrogen (secondary N) is 1. The van der Waals surface area contributed by atoms with Crippen molar-refractivity contribution in [3.8, 4) is 0 Å². The zero-order chi connectivity index (χ0) is 13.0. The largest absolute Gasteiger partial charge is 0.341 e. The summed E-state index contributed by atoms with van der Waals surface area (Å²) in [5, 5.41) is 2.76. The molecule has 18 heavy (non-hydrogen) atoms. The molecule has 1 atom stereocenters. The van der Waals surface area contributed by atoms with Crippen LogP contribution in [-0.2, 0) is 0 Å². The first-order valence-corrected chi connectivity index (χ1v) is 6.75. The smallest absolute Gasteiger partial charge is 0.317 e. The maximum atomic E-state index is 12.0. The summed E-state index contributed by atoms with van der Waals surface area (Å²) >= 11 is 0. The summed E-state index contributed by atoms with van der Waals surface area (Å²) in [4.78, 5) is 14.0. The van der Waals surface area contributed by atoms with Gasteiger partial charge < -0.3 is 10.2 Å². The molecule has 0 aromatic heterocycles. The van der Waals surface area contributed by atoms with E-state index >= 15 is 0 Å². The van der Waals surface area contributed by atoms with Crippen molar-refractivity contribution in [1.82, 2.24) is 10.2 Å². The number of hydrogen-bond donors (Lipinski definition) is 1. The Morgan fingerprint density at radius 3 is 2.56 bits per heavy atom. The Hall–Kier alpha value is -1.51. The molecule has 1 aromatic rings. The summed E-state index contributed by atoms with van der Waals surface area (Å²) in [5.74, 6) is 0.688. The molecule has 0 heterocycles. The molecule has 3 heteroatoms. The van der Waals surface area contributed by atoms with E-state index in [2.05, 4.69) is 24.4 Å². The highest BCUT2D eigenvalue weighted by Gasteiger charge is 2.26. The van der Waals surface area contributed by atoms with Crippen LogP contribution >= 0.6 is 0 Å². The van der Waals surface area contributed by atoms with E-state index in [4.69, 9.17) is 0 Å². The number of carbonyl (C=O) groups excluding carboxylic acids is 1. The van der Waals surface area contributed by atoms with Crippen molar-refractivity contribution in [3.63, 3.8) is 0 Å². The summed E-state index contributed by atoms with van der Waals surface area (Å²) in [7, 11) is 1.70. The number of urea groups is 1. The van der Waals surface area contributed by atoms with E-state index in [-0.39, 0.29) is 12.1 Å². The number of hydrogen-bond acceptors (Lipinski definition) is 1. The van der Waals surface area contributed by atoms with Crippen LogP contribution in [0.15, 0.2) is 30.3 Å². The van der Waals surface area contributed by atoms with Gasteiger partial charge in [0.05, 0.1) is 6.04 Å². The minimum absolute atomic E-state index is 0.0262. The van der Waals surface area contributed by atoms with Crippen LogP contribution in [0.2, 0.25) is 0 Å². The van der Waals surface area contributed by atoms with Crippen molar-refractivity contribution in [2.75, 3.05) is 13.6 Å². The molecule has 0 radical (unpaired) electrons. The van der Waals surface area contributed by atoms with E-state index in [1.54, 1.807) is 7.05 Å². The monoisotopic (exact) mass is 246 g/mol. The maximum absolute atomic E-state index is 12.0. The minimum atomic E-state index is 0.0262. The van der Waals surface area contributed by atoms with Crippen molar-refractivity contribution < 1.29 is 4.79 Å². The molecule has 0 aliphatic heterocycles. The van der Waals surface area contributed by atoms with Gasteiger partial charge in [-0.2, -0.15) is 0 Å². The maximum Gasteiger partial charge on any atom is 0.317 e. The zero-order valence-electron chi connectivity index (χ0n) is 11.2. The molecule has 1 saturated carbocycles. The highest BCUT2D eigenvalue weighted by molar-refractivity contribution is 5.74. The van der Waals surface area contributed by atoms with Crippen molar-refractivity contribution in [2.24, 2.45) is 5.92 Å². The standard InChI is InChI=1S/C15H22N2O/c1-12(14-9-4-3-5-10-14)17(15(18)16-2)11-13-7-6-8-13/h3-5,9-10,12-13H,6-8,11H2,1-2H3,(H,16,18)/t12-/m1/s1. The molecule has 1 aliphatic carbocycles. The van der Waals surface area contributed by atoms with E-state index in [0.29, 0.717) is 5.92 Å². The Balaban J connectivity index is 2.09. The zero-order valence-corrected chi connectivity index (χ0v) is 11.2. The van der Waals surface area contributed by atoms with Gasteiger partial charge in [0.2, 0.25) is 0 Å². The summed E-state index contributed by atoms with van der Waals surface area (Å²) in [5.41, 5.74) is 1.19. The van der Waals surface area contributed by atoms with Gasteiger partial charge in [0.1, 0.15) is 0 Å². The van der Waals surface area contributed by atoms with Gasteiger partial charge >= 0.3 is 6.03 Å². The van der Waals surface area contributed by atoms with Gasteiger partial charge in [0.25, 0.3) is 0 Å². The molecule has 0 bridgehead atoms. The number of rotatable bonds is 4. The van der Waals surface area contributed by atoms with Crippen LogP contribution in [0.25, 0.3) is 0 Å². The van der Waals surface area contributed by atoms with Crippen LogP contribution < -0.4 is 5.32 Å². The summed E-state index contributed by atoms with van der Waals surface area (Å²) in [6.07, 6.45) is 3.83. The molecular formula is C15H22N2O. The van der Waals surface area contributed by atoms with E-state index in [1.807, 2.05) is 23.1 Å². The fourth-order valence-electron chi connectivity index (χ4n) is 2.43. The lowest BCUT2D eigenvalue weighted by atomic mass is 9.84. The predicted molar refractivity (Wildman–Crippen MR) is 73.4 cm³/mol. The van der Waals surface area contributed by atoms with Gasteiger partial charge in [-0.3, -0.25) is 0 Å². The van der Waals surface area contributed by atoms with Crippen molar-refractivity contribution in [3.05, 3.63) is 35.9 Å². The third-order valence-electron chi connectivity index (χ3n) is 3.90. The van der Waals surface area contributed by atoms with Crippen LogP contribution in [0.4, 0.5) is 4.79 Å². The van der Waals surface area contributed by atoms with Gasteiger partial charge in [-0.25, -0.2) is 4.79 Å². The van der Waals surface area contributed by atoms with Crippen molar-refractivity contribution >= 4 is 6.03 Å². The number of carbonyl (C=O) groups is 1. The molecule has 3 nitrogen and oxygen atoms in total. The summed E-state index contributed by atoms with van der Waals surface area (Å²) < 4.78 is 0. The van der Waals surface area contributed by atoms with E-state index in [9.17, 15) is 4.79 Å². The fourth-order valence-corrected chi connectivity index (χ4v) is 2.43. The Kier molecular flexibility index (Phi) is 4.24. The second kappa shape index (κ2) is 5.89. The van der Waals surface area contributed by atoms with Gasteiger partial charge in [0.15, 0.2) is 0 Å². The lowest BCUT2D eigenvalue weighted by Crippen LogP contribution is -2.43. The number of amides is 2. The molecular weight excluding hydrogens is 224 g/mol. The van der Waals surface area contributed by atoms with E-state index < -0.39 is 0 Å². The third-order valence-corrected chi connectivity index (χ3v) is 3.90. The highest BCUT2D eigenvalue weighted by Crippen LogP contribution is 2.30. The molecule has 2 rings (SSSR count). The first-order valence-electron chi connectivity index (χ1n) is 6.75. The summed E-state index contributed by atoms with van der Waals surface area (Å²) in [6.45, 7) is 2.97. The van der Waals surface area contributed by atoms with Gasteiger partial charge in [-0.15, -0.1) is 0 Å². The molecule has 0 unspecified atom stereocenters. The third kappa shape index (κ3) is 2.84. The Morgan fingerprint density at radius 2 is 2.06 bits per heavy atom. The minimum Gasteiger partial charge on any atom is -0.341 e. The lowest BCUT2D eigenvalue weighted by molar-refractivity contribution is 0.147. The molecule has 1 aromatic carbocycles. The average molecular weight is 246 g/mol. The van der Waals surface area contributed by atoms with Crippen molar-refractivity contribution in [1.29, 1.82) is 0 Å². The Bertz CT molecular complexity index is 387. The number of nitrogens with zero attached hydrogens (tertiary/aromatic N) is 1. The normalized spacial score (nSPS) is 16.8. The molecule has 1 aliphatic rings. The average Bonchev–Trinajstić information content (AvgIpc) is 2.37. The molecule has 1 fully saturated rings. The first-order chi connectivity index (χ1) is 8.72.